The number of H-pyrrole nitrogens is 2. The minimum atomic E-state index is -0.536. The molecule has 11 heteroatoms. The zero-order valence-corrected chi connectivity index (χ0v) is 26.0. The van der Waals surface area contributed by atoms with Crippen LogP contribution in [0.1, 0.15) is 33.6 Å². The third kappa shape index (κ3) is 6.05. The van der Waals surface area contributed by atoms with Crippen LogP contribution in [-0.2, 0) is 4.79 Å². The fourth-order valence-electron chi connectivity index (χ4n) is 5.71. The van der Waals surface area contributed by atoms with Crippen molar-refractivity contribution in [2.75, 3.05) is 31.6 Å². The number of fused-ring (bicyclic) bond motifs is 2. The summed E-state index contributed by atoms with van der Waals surface area (Å²) in [6, 6.07) is 14.2. The number of halogens is 1. The molecule has 6 aromatic rings. The second kappa shape index (κ2) is 12.0. The molecule has 1 aromatic carbocycles. The van der Waals surface area contributed by atoms with Crippen LogP contribution in [-0.4, -0.2) is 67.2 Å². The molecule has 234 valence electrons. The SMILES string of the molecule is CC(C)(C)C(=O)Nc1cncc(-c2ccc3[nH]nc(-c4cc5c(-c6cc(F)cc(OCCN7CCCC7)c6)nccc5[nH]4)c3n2)c1. The molecule has 3 N–H and O–H groups in total. The topological polar surface area (TPSA) is 125 Å². The molecular weight excluding hydrogens is 583 g/mol. The number of pyridine rings is 3. The summed E-state index contributed by atoms with van der Waals surface area (Å²) in [4.78, 5) is 32.2. The van der Waals surface area contributed by atoms with E-state index in [0.717, 1.165) is 47.3 Å². The van der Waals surface area contributed by atoms with Gasteiger partial charge in [-0.05, 0) is 68.4 Å². The number of rotatable bonds is 8. The first-order chi connectivity index (χ1) is 22.2. The fraction of sp³-hybridized carbons (Fsp3) is 0.286. The number of ether oxygens (including phenoxy) is 1. The zero-order valence-electron chi connectivity index (χ0n) is 26.0. The highest BCUT2D eigenvalue weighted by Gasteiger charge is 2.22. The normalized spacial score (nSPS) is 13.9. The van der Waals surface area contributed by atoms with E-state index in [1.54, 1.807) is 18.6 Å². The number of carbonyl (C=O) groups is 1. The lowest BCUT2D eigenvalue weighted by Crippen LogP contribution is -2.27. The maximum Gasteiger partial charge on any atom is 0.229 e. The van der Waals surface area contributed by atoms with Crippen molar-refractivity contribution in [1.29, 1.82) is 0 Å². The first-order valence-electron chi connectivity index (χ1n) is 15.5. The minimum Gasteiger partial charge on any atom is -0.492 e. The quantitative estimate of drug-likeness (QED) is 0.171. The van der Waals surface area contributed by atoms with Crippen LogP contribution in [0.25, 0.3) is 55.8 Å². The molecule has 0 bridgehead atoms. The molecule has 7 rings (SSSR count). The molecule has 5 aromatic heterocycles. The van der Waals surface area contributed by atoms with Gasteiger partial charge in [-0.1, -0.05) is 20.8 Å². The molecule has 0 saturated carbocycles. The predicted octanol–water partition coefficient (Wildman–Crippen LogP) is 6.83. The van der Waals surface area contributed by atoms with E-state index in [1.165, 1.54) is 25.0 Å². The van der Waals surface area contributed by atoms with Crippen molar-refractivity contribution in [2.24, 2.45) is 5.41 Å². The summed E-state index contributed by atoms with van der Waals surface area (Å²) in [5.74, 6) is 0.00395. The van der Waals surface area contributed by atoms with E-state index in [-0.39, 0.29) is 11.7 Å². The van der Waals surface area contributed by atoms with Gasteiger partial charge in [0, 0.05) is 52.4 Å². The summed E-state index contributed by atoms with van der Waals surface area (Å²) < 4.78 is 20.7. The van der Waals surface area contributed by atoms with Gasteiger partial charge < -0.3 is 15.0 Å². The van der Waals surface area contributed by atoms with Crippen molar-refractivity contribution in [1.82, 2.24) is 35.0 Å². The van der Waals surface area contributed by atoms with Gasteiger partial charge >= 0.3 is 0 Å². The number of nitrogens with zero attached hydrogens (tertiary/aromatic N) is 5. The third-order valence-electron chi connectivity index (χ3n) is 8.20. The van der Waals surface area contributed by atoms with Crippen molar-refractivity contribution in [2.45, 2.75) is 33.6 Å². The predicted molar refractivity (Wildman–Crippen MR) is 177 cm³/mol. The third-order valence-corrected chi connectivity index (χ3v) is 8.20. The van der Waals surface area contributed by atoms with Crippen LogP contribution in [0.2, 0.25) is 0 Å². The Kier molecular flexibility index (Phi) is 7.69. The first-order valence-corrected chi connectivity index (χ1v) is 15.5. The van der Waals surface area contributed by atoms with Crippen LogP contribution >= 0.6 is 0 Å². The lowest BCUT2D eigenvalue weighted by molar-refractivity contribution is -0.123. The van der Waals surface area contributed by atoms with Crippen LogP contribution in [0.4, 0.5) is 10.1 Å². The number of benzene rings is 1. The minimum absolute atomic E-state index is 0.0980. The molecule has 1 aliphatic rings. The molecule has 0 atom stereocenters. The highest BCUT2D eigenvalue weighted by Crippen LogP contribution is 2.35. The van der Waals surface area contributed by atoms with Crippen molar-refractivity contribution in [3.8, 4) is 39.7 Å². The Balaban J connectivity index is 1.19. The van der Waals surface area contributed by atoms with Crippen LogP contribution in [0.3, 0.4) is 0 Å². The second-order valence-electron chi connectivity index (χ2n) is 12.7. The second-order valence-corrected chi connectivity index (χ2v) is 12.7. The van der Waals surface area contributed by atoms with E-state index >= 15 is 0 Å². The van der Waals surface area contributed by atoms with E-state index in [2.05, 4.69) is 35.4 Å². The Bertz CT molecular complexity index is 2060. The van der Waals surface area contributed by atoms with Gasteiger partial charge in [-0.2, -0.15) is 5.10 Å². The van der Waals surface area contributed by atoms with E-state index in [9.17, 15) is 9.18 Å². The monoisotopic (exact) mass is 618 g/mol. The lowest BCUT2D eigenvalue weighted by Gasteiger charge is -2.17. The summed E-state index contributed by atoms with van der Waals surface area (Å²) in [6.07, 6.45) is 7.47. The summed E-state index contributed by atoms with van der Waals surface area (Å²) in [6.45, 7) is 9.08. The Hall–Kier alpha value is -5.16. The van der Waals surface area contributed by atoms with Gasteiger partial charge in [-0.25, -0.2) is 9.37 Å². The number of hydrogen-bond donors (Lipinski definition) is 3. The van der Waals surface area contributed by atoms with Crippen LogP contribution in [0.5, 0.6) is 5.75 Å². The Morgan fingerprint density at radius 2 is 1.85 bits per heavy atom. The lowest BCUT2D eigenvalue weighted by atomic mass is 9.95. The molecule has 1 aliphatic heterocycles. The van der Waals surface area contributed by atoms with Gasteiger partial charge in [-0.3, -0.25) is 24.8 Å². The molecule has 0 aliphatic carbocycles. The number of aromatic amines is 2. The molecular formula is C35H35FN8O2. The molecule has 0 spiro atoms. The number of likely N-dealkylation sites (tertiary alicyclic amines) is 1. The molecule has 0 unspecified atom stereocenters. The van der Waals surface area contributed by atoms with E-state index in [1.807, 2.05) is 57.2 Å². The Labute approximate surface area is 265 Å². The van der Waals surface area contributed by atoms with Crippen molar-refractivity contribution in [3.63, 3.8) is 0 Å². The standard InChI is InChI=1S/C35H35FN8O2/c1-35(2,3)34(45)39-24-15-22(19-37-20-24)27-6-7-29-32(41-27)33(43-42-29)30-18-26-28(40-30)8-9-38-31(26)21-14-23(36)17-25(16-21)46-13-12-44-10-4-5-11-44/h6-9,14-20,40H,4-5,10-13H2,1-3H3,(H,39,45)(H,42,43). The maximum atomic E-state index is 14.8. The van der Waals surface area contributed by atoms with Crippen molar-refractivity contribution >= 4 is 33.5 Å². The average Bonchev–Trinajstić information content (AvgIpc) is 3.80. The van der Waals surface area contributed by atoms with Gasteiger partial charge in [0.1, 0.15) is 29.4 Å². The largest absolute Gasteiger partial charge is 0.492 e. The highest BCUT2D eigenvalue weighted by atomic mass is 19.1. The number of anilines is 1. The van der Waals surface area contributed by atoms with Crippen LogP contribution in [0.15, 0.2) is 67.1 Å². The van der Waals surface area contributed by atoms with E-state index in [4.69, 9.17) is 9.72 Å². The van der Waals surface area contributed by atoms with Crippen molar-refractivity contribution in [3.05, 3.63) is 72.9 Å². The average molecular weight is 619 g/mol. The Morgan fingerprint density at radius 3 is 2.67 bits per heavy atom. The number of aromatic nitrogens is 6. The first kappa shape index (κ1) is 29.5. The van der Waals surface area contributed by atoms with Gasteiger partial charge in [0.15, 0.2) is 0 Å². The molecule has 10 nitrogen and oxygen atoms in total. The van der Waals surface area contributed by atoms with Gasteiger partial charge in [0.2, 0.25) is 5.91 Å². The van der Waals surface area contributed by atoms with E-state index < -0.39 is 5.41 Å². The fourth-order valence-corrected chi connectivity index (χ4v) is 5.71. The van der Waals surface area contributed by atoms with Gasteiger partial charge in [-0.15, -0.1) is 0 Å². The number of amides is 1. The molecule has 6 heterocycles. The van der Waals surface area contributed by atoms with Gasteiger partial charge in [0.25, 0.3) is 0 Å². The molecule has 1 fully saturated rings. The smallest absolute Gasteiger partial charge is 0.229 e. The molecule has 0 radical (unpaired) electrons. The summed E-state index contributed by atoms with van der Waals surface area (Å²) in [7, 11) is 0. The molecule has 1 saturated heterocycles. The van der Waals surface area contributed by atoms with Crippen molar-refractivity contribution < 1.29 is 13.9 Å². The van der Waals surface area contributed by atoms with Crippen LogP contribution < -0.4 is 10.1 Å². The molecule has 46 heavy (non-hydrogen) atoms. The van der Waals surface area contributed by atoms with Gasteiger partial charge in [0.05, 0.1) is 34.5 Å². The molecule has 1 amide bonds. The summed E-state index contributed by atoms with van der Waals surface area (Å²) in [5, 5.41) is 11.4. The number of carbonyl (C=O) groups excluding carboxylic acids is 1. The van der Waals surface area contributed by atoms with E-state index in [0.29, 0.717) is 46.2 Å². The van der Waals surface area contributed by atoms with Crippen LogP contribution in [0, 0.1) is 11.2 Å². The highest BCUT2D eigenvalue weighted by molar-refractivity contribution is 5.99. The number of nitrogens with one attached hydrogen (secondary N) is 3. The Morgan fingerprint density at radius 1 is 1.00 bits per heavy atom. The summed E-state index contributed by atoms with van der Waals surface area (Å²) in [5.41, 5.74) is 6.41. The number of hydrogen-bond acceptors (Lipinski definition) is 7. The zero-order chi connectivity index (χ0) is 31.8. The maximum absolute atomic E-state index is 14.8. The summed E-state index contributed by atoms with van der Waals surface area (Å²) >= 11 is 0.